The molecular weight excluding hydrogens is 250 g/mol. The Kier molecular flexibility index (Phi) is 3.67. The number of aromatic nitrogens is 2. The van der Waals surface area contributed by atoms with E-state index in [0.717, 1.165) is 16.8 Å². The fourth-order valence-corrected chi connectivity index (χ4v) is 1.75. The number of hydrogen-bond donors (Lipinski definition) is 2. The van der Waals surface area contributed by atoms with Gasteiger partial charge < -0.3 is 5.32 Å². The molecule has 0 radical (unpaired) electrons. The Morgan fingerprint density at radius 3 is 2.83 bits per heavy atom. The van der Waals surface area contributed by atoms with Gasteiger partial charge in [0, 0.05) is 28.4 Å². The number of halogens is 1. The predicted molar refractivity (Wildman–Crippen MR) is 70.7 cm³/mol. The summed E-state index contributed by atoms with van der Waals surface area (Å²) >= 11 is 5.99. The van der Waals surface area contributed by atoms with Crippen LogP contribution < -0.4 is 5.32 Å². The zero-order valence-corrected chi connectivity index (χ0v) is 11.0. The van der Waals surface area contributed by atoms with Crippen LogP contribution in [0.5, 0.6) is 0 Å². The van der Waals surface area contributed by atoms with Crippen molar-refractivity contribution < 1.29 is 4.79 Å². The van der Waals surface area contributed by atoms with E-state index < -0.39 is 0 Å². The zero-order valence-electron chi connectivity index (χ0n) is 10.2. The van der Waals surface area contributed by atoms with E-state index >= 15 is 0 Å². The summed E-state index contributed by atoms with van der Waals surface area (Å²) in [6, 6.07) is 5.27. The van der Waals surface area contributed by atoms with Crippen molar-refractivity contribution in [1.29, 1.82) is 0 Å². The summed E-state index contributed by atoms with van der Waals surface area (Å²) in [6.45, 7) is 4.27. The van der Waals surface area contributed by atoms with Crippen LogP contribution in [0.4, 0.5) is 0 Å². The van der Waals surface area contributed by atoms with Gasteiger partial charge in [0.05, 0.1) is 6.20 Å². The van der Waals surface area contributed by atoms with E-state index in [1.165, 1.54) is 0 Å². The van der Waals surface area contributed by atoms with E-state index in [1.54, 1.807) is 18.3 Å². The molecule has 0 aliphatic heterocycles. The van der Waals surface area contributed by atoms with Gasteiger partial charge in [-0.2, -0.15) is 5.10 Å². The first kappa shape index (κ1) is 12.6. The second kappa shape index (κ2) is 5.23. The third-order valence-corrected chi connectivity index (χ3v) is 3.21. The molecule has 0 atom stereocenters. The molecule has 18 heavy (non-hydrogen) atoms. The van der Waals surface area contributed by atoms with Gasteiger partial charge in [0.25, 0.3) is 5.91 Å². The SMILES string of the molecule is Cc1ccc(C(=O)NCc2cn[nH]c2C)cc1Cl. The highest BCUT2D eigenvalue weighted by Gasteiger charge is 2.08. The Hall–Kier alpha value is -1.81. The molecule has 1 aromatic carbocycles. The molecule has 2 N–H and O–H groups in total. The van der Waals surface area contributed by atoms with Gasteiger partial charge in [-0.3, -0.25) is 9.89 Å². The normalized spacial score (nSPS) is 10.4. The number of carbonyl (C=O) groups is 1. The van der Waals surface area contributed by atoms with Crippen molar-refractivity contribution in [2.75, 3.05) is 0 Å². The molecule has 0 fully saturated rings. The number of hydrogen-bond acceptors (Lipinski definition) is 2. The van der Waals surface area contributed by atoms with E-state index in [4.69, 9.17) is 11.6 Å². The van der Waals surface area contributed by atoms with Crippen molar-refractivity contribution in [3.05, 3.63) is 51.8 Å². The van der Waals surface area contributed by atoms with E-state index in [2.05, 4.69) is 15.5 Å². The first-order valence-corrected chi connectivity index (χ1v) is 5.99. The van der Waals surface area contributed by atoms with Gasteiger partial charge in [0.15, 0.2) is 0 Å². The summed E-state index contributed by atoms with van der Waals surface area (Å²) in [6.07, 6.45) is 1.71. The lowest BCUT2D eigenvalue weighted by atomic mass is 10.1. The smallest absolute Gasteiger partial charge is 0.251 e. The largest absolute Gasteiger partial charge is 0.348 e. The number of aromatic amines is 1. The topological polar surface area (TPSA) is 57.8 Å². The number of aryl methyl sites for hydroxylation is 2. The molecule has 4 nitrogen and oxygen atoms in total. The minimum Gasteiger partial charge on any atom is -0.348 e. The van der Waals surface area contributed by atoms with Crippen LogP contribution in [-0.4, -0.2) is 16.1 Å². The molecule has 0 saturated heterocycles. The average molecular weight is 264 g/mol. The Labute approximate surface area is 110 Å². The van der Waals surface area contributed by atoms with Crippen molar-refractivity contribution in [3.63, 3.8) is 0 Å². The molecule has 0 aliphatic rings. The van der Waals surface area contributed by atoms with E-state index in [-0.39, 0.29) is 5.91 Å². The highest BCUT2D eigenvalue weighted by Crippen LogP contribution is 2.16. The van der Waals surface area contributed by atoms with E-state index in [9.17, 15) is 4.79 Å². The Balaban J connectivity index is 2.04. The van der Waals surface area contributed by atoms with Crippen LogP contribution in [0, 0.1) is 13.8 Å². The quantitative estimate of drug-likeness (QED) is 0.894. The van der Waals surface area contributed by atoms with Gasteiger partial charge in [-0.1, -0.05) is 17.7 Å². The predicted octanol–water partition coefficient (Wildman–Crippen LogP) is 2.61. The van der Waals surface area contributed by atoms with Crippen LogP contribution in [0.3, 0.4) is 0 Å². The molecule has 0 saturated carbocycles. The van der Waals surface area contributed by atoms with Gasteiger partial charge in [0.1, 0.15) is 0 Å². The molecule has 1 heterocycles. The molecule has 5 heteroatoms. The van der Waals surface area contributed by atoms with Crippen molar-refractivity contribution in [2.45, 2.75) is 20.4 Å². The van der Waals surface area contributed by atoms with Gasteiger partial charge in [0.2, 0.25) is 0 Å². The Morgan fingerprint density at radius 1 is 1.44 bits per heavy atom. The van der Waals surface area contributed by atoms with Crippen molar-refractivity contribution >= 4 is 17.5 Å². The lowest BCUT2D eigenvalue weighted by Crippen LogP contribution is -2.22. The lowest BCUT2D eigenvalue weighted by molar-refractivity contribution is 0.0951. The minimum atomic E-state index is -0.141. The Bertz CT molecular complexity index is 577. The maximum atomic E-state index is 11.9. The van der Waals surface area contributed by atoms with Crippen molar-refractivity contribution in [1.82, 2.24) is 15.5 Å². The highest BCUT2D eigenvalue weighted by molar-refractivity contribution is 6.31. The van der Waals surface area contributed by atoms with Crippen molar-refractivity contribution in [3.8, 4) is 0 Å². The van der Waals surface area contributed by atoms with Crippen LogP contribution in [0.25, 0.3) is 0 Å². The summed E-state index contributed by atoms with van der Waals surface area (Å²) in [7, 11) is 0. The molecule has 1 amide bonds. The van der Waals surface area contributed by atoms with Gasteiger partial charge in [-0.05, 0) is 31.5 Å². The molecule has 0 unspecified atom stereocenters. The highest BCUT2D eigenvalue weighted by atomic mass is 35.5. The number of nitrogens with one attached hydrogen (secondary N) is 2. The number of amides is 1. The first-order valence-electron chi connectivity index (χ1n) is 5.61. The van der Waals surface area contributed by atoms with Gasteiger partial charge >= 0.3 is 0 Å². The summed E-state index contributed by atoms with van der Waals surface area (Å²) in [5.41, 5.74) is 3.45. The Morgan fingerprint density at radius 2 is 2.22 bits per heavy atom. The fraction of sp³-hybridized carbons (Fsp3) is 0.231. The maximum Gasteiger partial charge on any atom is 0.251 e. The van der Waals surface area contributed by atoms with Crippen LogP contribution in [0.2, 0.25) is 5.02 Å². The standard InChI is InChI=1S/C13H14ClN3O/c1-8-3-4-10(5-12(8)14)13(18)15-6-11-7-16-17-9(11)2/h3-5,7H,6H2,1-2H3,(H,15,18)(H,16,17). The average Bonchev–Trinajstić information content (AvgIpc) is 2.75. The van der Waals surface area contributed by atoms with Crippen LogP contribution in [0.15, 0.2) is 24.4 Å². The zero-order chi connectivity index (χ0) is 13.1. The molecule has 94 valence electrons. The summed E-state index contributed by atoms with van der Waals surface area (Å²) in [5, 5.41) is 10.2. The van der Waals surface area contributed by atoms with Gasteiger partial charge in [-0.15, -0.1) is 0 Å². The number of H-pyrrole nitrogens is 1. The van der Waals surface area contributed by atoms with Crippen molar-refractivity contribution in [2.24, 2.45) is 0 Å². The summed E-state index contributed by atoms with van der Waals surface area (Å²) in [4.78, 5) is 11.9. The lowest BCUT2D eigenvalue weighted by Gasteiger charge is -2.06. The minimum absolute atomic E-state index is 0.141. The third-order valence-electron chi connectivity index (χ3n) is 2.81. The fourth-order valence-electron chi connectivity index (χ4n) is 1.57. The second-order valence-electron chi connectivity index (χ2n) is 4.17. The summed E-state index contributed by atoms with van der Waals surface area (Å²) in [5.74, 6) is -0.141. The molecular formula is C13H14ClN3O. The summed E-state index contributed by atoms with van der Waals surface area (Å²) < 4.78 is 0. The first-order chi connectivity index (χ1) is 8.58. The molecule has 2 aromatic rings. The van der Waals surface area contributed by atoms with Crippen LogP contribution in [-0.2, 0) is 6.54 Å². The monoisotopic (exact) mass is 263 g/mol. The molecule has 1 aromatic heterocycles. The van der Waals surface area contributed by atoms with E-state index in [1.807, 2.05) is 19.9 Å². The number of benzene rings is 1. The second-order valence-corrected chi connectivity index (χ2v) is 4.57. The number of carbonyl (C=O) groups excluding carboxylic acids is 1. The van der Waals surface area contributed by atoms with E-state index in [0.29, 0.717) is 17.1 Å². The maximum absolute atomic E-state index is 11.9. The number of rotatable bonds is 3. The molecule has 0 bridgehead atoms. The molecule has 2 rings (SSSR count). The number of nitrogens with zero attached hydrogens (tertiary/aromatic N) is 1. The third kappa shape index (κ3) is 2.71. The van der Waals surface area contributed by atoms with Crippen LogP contribution in [0.1, 0.15) is 27.2 Å². The molecule has 0 spiro atoms. The molecule has 0 aliphatic carbocycles. The van der Waals surface area contributed by atoms with Gasteiger partial charge in [-0.25, -0.2) is 0 Å². The van der Waals surface area contributed by atoms with Crippen LogP contribution >= 0.6 is 11.6 Å².